The lowest BCUT2D eigenvalue weighted by Gasteiger charge is -2.33. The van der Waals surface area contributed by atoms with Gasteiger partial charge in [-0.25, -0.2) is 0 Å². The lowest BCUT2D eigenvalue weighted by atomic mass is 10.1. The summed E-state index contributed by atoms with van der Waals surface area (Å²) < 4.78 is 0. The molecule has 1 saturated heterocycles. The molecule has 1 aromatic carbocycles. The first-order chi connectivity index (χ1) is 8.58. The molecule has 1 aromatic rings. The van der Waals surface area contributed by atoms with E-state index in [0.29, 0.717) is 6.04 Å². The molecule has 1 fully saturated rings. The fourth-order valence-corrected chi connectivity index (χ4v) is 2.34. The highest BCUT2D eigenvalue weighted by Gasteiger charge is 2.19. The smallest absolute Gasteiger partial charge is 0.288 e. The van der Waals surface area contributed by atoms with Crippen LogP contribution < -0.4 is 5.32 Å². The Labute approximate surface area is 111 Å². The maximum atomic E-state index is 10.8. The number of nitro groups is 1. The summed E-state index contributed by atoms with van der Waals surface area (Å²) in [4.78, 5) is 12.7. The average Bonchev–Trinajstić information content (AvgIpc) is 2.34. The van der Waals surface area contributed by atoms with Crippen molar-refractivity contribution in [1.29, 1.82) is 0 Å². The maximum Gasteiger partial charge on any atom is 0.288 e. The van der Waals surface area contributed by atoms with Crippen LogP contribution in [0.3, 0.4) is 0 Å². The lowest BCUT2D eigenvalue weighted by Crippen LogP contribution is -2.49. The van der Waals surface area contributed by atoms with Gasteiger partial charge in [0.15, 0.2) is 0 Å². The predicted molar refractivity (Wildman–Crippen MR) is 70.8 cm³/mol. The van der Waals surface area contributed by atoms with Crippen molar-refractivity contribution in [2.75, 3.05) is 19.6 Å². The van der Waals surface area contributed by atoms with Gasteiger partial charge in [-0.15, -0.1) is 0 Å². The number of nitrogens with zero attached hydrogens (tertiary/aromatic N) is 2. The summed E-state index contributed by atoms with van der Waals surface area (Å²) in [6.45, 7) is 5.74. The van der Waals surface area contributed by atoms with Crippen LogP contribution in [-0.4, -0.2) is 35.5 Å². The Balaban J connectivity index is 2.14. The fourth-order valence-electron chi connectivity index (χ4n) is 2.15. The van der Waals surface area contributed by atoms with Crippen molar-refractivity contribution < 1.29 is 4.92 Å². The number of halogens is 1. The van der Waals surface area contributed by atoms with Gasteiger partial charge in [0, 0.05) is 38.3 Å². The van der Waals surface area contributed by atoms with Crippen molar-refractivity contribution in [2.24, 2.45) is 0 Å². The van der Waals surface area contributed by atoms with Crippen LogP contribution in [0.25, 0.3) is 0 Å². The Kier molecular flexibility index (Phi) is 4.16. The van der Waals surface area contributed by atoms with Gasteiger partial charge in [-0.3, -0.25) is 15.0 Å². The van der Waals surface area contributed by atoms with E-state index in [-0.39, 0.29) is 10.7 Å². The third kappa shape index (κ3) is 2.98. The minimum absolute atomic E-state index is 0.0167. The molecule has 1 atom stereocenters. The molecule has 5 nitrogen and oxygen atoms in total. The molecule has 1 aliphatic heterocycles. The van der Waals surface area contributed by atoms with E-state index in [1.165, 1.54) is 0 Å². The van der Waals surface area contributed by atoms with Crippen molar-refractivity contribution in [1.82, 2.24) is 10.2 Å². The summed E-state index contributed by atoms with van der Waals surface area (Å²) in [6.07, 6.45) is 0. The summed E-state index contributed by atoms with van der Waals surface area (Å²) in [5, 5.41) is 14.3. The summed E-state index contributed by atoms with van der Waals surface area (Å²) in [5.41, 5.74) is 0.914. The van der Waals surface area contributed by atoms with Crippen molar-refractivity contribution in [3.63, 3.8) is 0 Å². The lowest BCUT2D eigenvalue weighted by molar-refractivity contribution is -0.384. The second kappa shape index (κ2) is 5.65. The van der Waals surface area contributed by atoms with Gasteiger partial charge in [0.05, 0.1) is 4.92 Å². The molecule has 1 aliphatic rings. The van der Waals surface area contributed by atoms with Gasteiger partial charge in [0.2, 0.25) is 0 Å². The monoisotopic (exact) mass is 269 g/mol. The molecular weight excluding hydrogens is 254 g/mol. The van der Waals surface area contributed by atoms with E-state index in [1.807, 2.05) is 6.07 Å². The van der Waals surface area contributed by atoms with Crippen LogP contribution in [0.5, 0.6) is 0 Å². The number of piperazine rings is 1. The number of benzene rings is 1. The third-order valence-corrected chi connectivity index (χ3v) is 3.55. The Morgan fingerprint density at radius 2 is 2.39 bits per heavy atom. The molecule has 0 radical (unpaired) electrons. The SMILES string of the molecule is CC1CNCCN1Cc1ccc(Cl)c([N+](=O)[O-])c1. The normalized spacial score (nSPS) is 20.9. The van der Waals surface area contributed by atoms with Crippen LogP contribution in [0.4, 0.5) is 5.69 Å². The topological polar surface area (TPSA) is 58.4 Å². The molecule has 0 aromatic heterocycles. The second-order valence-electron chi connectivity index (χ2n) is 4.57. The first-order valence-electron chi connectivity index (χ1n) is 5.95. The van der Waals surface area contributed by atoms with Crippen LogP contribution in [0.2, 0.25) is 5.02 Å². The standard InChI is InChI=1S/C12H16ClN3O2/c1-9-7-14-4-5-15(9)8-10-2-3-11(13)12(6-10)16(17)18/h2-3,6,9,14H,4-5,7-8H2,1H3. The molecule has 0 bridgehead atoms. The molecule has 1 N–H and O–H groups in total. The first kappa shape index (κ1) is 13.3. The molecule has 0 spiro atoms. The minimum Gasteiger partial charge on any atom is -0.314 e. The van der Waals surface area contributed by atoms with Gasteiger partial charge < -0.3 is 5.32 Å². The van der Waals surface area contributed by atoms with Crippen molar-refractivity contribution in [3.05, 3.63) is 38.9 Å². The van der Waals surface area contributed by atoms with E-state index in [1.54, 1.807) is 12.1 Å². The van der Waals surface area contributed by atoms with E-state index < -0.39 is 4.92 Å². The van der Waals surface area contributed by atoms with Crippen LogP contribution in [-0.2, 0) is 6.54 Å². The van der Waals surface area contributed by atoms with E-state index >= 15 is 0 Å². The number of nitrogens with one attached hydrogen (secondary N) is 1. The van der Waals surface area contributed by atoms with Crippen LogP contribution in [0.1, 0.15) is 12.5 Å². The zero-order chi connectivity index (χ0) is 13.1. The number of hydrogen-bond donors (Lipinski definition) is 1. The summed E-state index contributed by atoms with van der Waals surface area (Å²) in [5.74, 6) is 0. The summed E-state index contributed by atoms with van der Waals surface area (Å²) in [6, 6.07) is 5.46. The largest absolute Gasteiger partial charge is 0.314 e. The van der Waals surface area contributed by atoms with Gasteiger partial charge in [0.25, 0.3) is 5.69 Å². The van der Waals surface area contributed by atoms with Gasteiger partial charge in [-0.1, -0.05) is 17.7 Å². The molecular formula is C12H16ClN3O2. The molecule has 0 saturated carbocycles. The number of rotatable bonds is 3. The van der Waals surface area contributed by atoms with Crippen LogP contribution in [0.15, 0.2) is 18.2 Å². The summed E-state index contributed by atoms with van der Waals surface area (Å²) in [7, 11) is 0. The summed E-state index contributed by atoms with van der Waals surface area (Å²) >= 11 is 5.80. The molecule has 6 heteroatoms. The Bertz CT molecular complexity index is 453. The van der Waals surface area contributed by atoms with Crippen LogP contribution in [0, 0.1) is 10.1 Å². The molecule has 0 amide bonds. The van der Waals surface area contributed by atoms with E-state index in [0.717, 1.165) is 31.7 Å². The average molecular weight is 270 g/mol. The van der Waals surface area contributed by atoms with E-state index in [2.05, 4.69) is 17.1 Å². The Morgan fingerprint density at radius 3 is 3.06 bits per heavy atom. The van der Waals surface area contributed by atoms with Gasteiger partial charge in [-0.05, 0) is 18.6 Å². The zero-order valence-corrected chi connectivity index (χ0v) is 11.0. The third-order valence-electron chi connectivity index (χ3n) is 3.23. The highest BCUT2D eigenvalue weighted by Crippen LogP contribution is 2.26. The zero-order valence-electron chi connectivity index (χ0n) is 10.2. The van der Waals surface area contributed by atoms with Gasteiger partial charge >= 0.3 is 0 Å². The quantitative estimate of drug-likeness (QED) is 0.674. The number of nitro benzene ring substituents is 1. The van der Waals surface area contributed by atoms with Crippen LogP contribution >= 0.6 is 11.6 Å². The van der Waals surface area contributed by atoms with E-state index in [4.69, 9.17) is 11.6 Å². The van der Waals surface area contributed by atoms with Gasteiger partial charge in [-0.2, -0.15) is 0 Å². The highest BCUT2D eigenvalue weighted by atomic mass is 35.5. The molecule has 98 valence electrons. The second-order valence-corrected chi connectivity index (χ2v) is 4.97. The molecule has 0 aliphatic carbocycles. The molecule has 1 unspecified atom stereocenters. The molecule has 1 heterocycles. The molecule has 2 rings (SSSR count). The highest BCUT2D eigenvalue weighted by molar-refractivity contribution is 6.32. The Morgan fingerprint density at radius 1 is 1.61 bits per heavy atom. The fraction of sp³-hybridized carbons (Fsp3) is 0.500. The van der Waals surface area contributed by atoms with Gasteiger partial charge in [0.1, 0.15) is 5.02 Å². The van der Waals surface area contributed by atoms with Crippen molar-refractivity contribution in [3.8, 4) is 0 Å². The number of hydrogen-bond acceptors (Lipinski definition) is 4. The predicted octanol–water partition coefficient (Wildman–Crippen LogP) is 2.04. The minimum atomic E-state index is -0.437. The van der Waals surface area contributed by atoms with Crippen molar-refractivity contribution >= 4 is 17.3 Å². The Hall–Kier alpha value is -1.17. The molecule has 18 heavy (non-hydrogen) atoms. The maximum absolute atomic E-state index is 10.8. The van der Waals surface area contributed by atoms with Crippen molar-refractivity contribution in [2.45, 2.75) is 19.5 Å². The first-order valence-corrected chi connectivity index (χ1v) is 6.33. The van der Waals surface area contributed by atoms with E-state index in [9.17, 15) is 10.1 Å².